The second-order valence-corrected chi connectivity index (χ2v) is 3.64. The summed E-state index contributed by atoms with van der Waals surface area (Å²) in [5.74, 6) is 0.726. The minimum absolute atomic E-state index is 0.387. The van der Waals surface area contributed by atoms with Crippen LogP contribution in [0.5, 0.6) is 0 Å². The van der Waals surface area contributed by atoms with Crippen molar-refractivity contribution in [2.24, 2.45) is 5.73 Å². The molecule has 4 nitrogen and oxygen atoms in total. The molecule has 0 spiro atoms. The van der Waals surface area contributed by atoms with Crippen LogP contribution >= 0.6 is 0 Å². The van der Waals surface area contributed by atoms with Gasteiger partial charge in [0.25, 0.3) is 0 Å². The molecule has 0 saturated heterocycles. The Labute approximate surface area is 90.9 Å². The zero-order valence-corrected chi connectivity index (χ0v) is 9.66. The first-order chi connectivity index (χ1) is 7.16. The molecule has 0 saturated carbocycles. The zero-order valence-electron chi connectivity index (χ0n) is 9.66. The fourth-order valence-electron chi connectivity index (χ4n) is 1.38. The summed E-state index contributed by atoms with van der Waals surface area (Å²) in [6.07, 6.45) is 4.37. The smallest absolute Gasteiger partial charge is 0.159 e. The van der Waals surface area contributed by atoms with Gasteiger partial charge in [0.15, 0.2) is 5.82 Å². The molecule has 1 atom stereocenters. The summed E-state index contributed by atoms with van der Waals surface area (Å²) in [5.41, 5.74) is 6.04. The molecule has 0 aliphatic carbocycles. The van der Waals surface area contributed by atoms with Crippen molar-refractivity contribution in [1.82, 2.24) is 9.97 Å². The maximum absolute atomic E-state index is 5.68. The summed E-state index contributed by atoms with van der Waals surface area (Å²) in [4.78, 5) is 8.59. The number of hydrogen-bond acceptors (Lipinski definition) is 4. The molecule has 0 radical (unpaired) electrons. The lowest BCUT2D eigenvalue weighted by molar-refractivity contribution is -0.0390. The number of nitrogens with two attached hydrogens (primary N) is 1. The van der Waals surface area contributed by atoms with E-state index in [4.69, 9.17) is 10.5 Å². The second kappa shape index (κ2) is 5.19. The highest BCUT2D eigenvalue weighted by Crippen LogP contribution is 2.25. The third kappa shape index (κ3) is 2.73. The summed E-state index contributed by atoms with van der Waals surface area (Å²) in [5, 5.41) is 0. The SMILES string of the molecule is CCOC(C)(CC)c1ncc(CN)cn1. The third-order valence-corrected chi connectivity index (χ3v) is 2.55. The van der Waals surface area contributed by atoms with Gasteiger partial charge in [-0.25, -0.2) is 9.97 Å². The van der Waals surface area contributed by atoms with Gasteiger partial charge in [-0.2, -0.15) is 0 Å². The Hall–Kier alpha value is -1.00. The summed E-state index contributed by atoms with van der Waals surface area (Å²) in [6.45, 7) is 7.18. The average Bonchev–Trinajstić information content (AvgIpc) is 2.29. The first kappa shape index (κ1) is 12.1. The van der Waals surface area contributed by atoms with Gasteiger partial charge in [0.1, 0.15) is 5.60 Å². The van der Waals surface area contributed by atoms with Crippen LogP contribution in [0, 0.1) is 0 Å². The van der Waals surface area contributed by atoms with Crippen molar-refractivity contribution in [3.8, 4) is 0 Å². The lowest BCUT2D eigenvalue weighted by atomic mass is 10.0. The van der Waals surface area contributed by atoms with Gasteiger partial charge in [0.05, 0.1) is 0 Å². The van der Waals surface area contributed by atoms with Gasteiger partial charge >= 0.3 is 0 Å². The van der Waals surface area contributed by atoms with Crippen LogP contribution in [-0.2, 0) is 16.9 Å². The summed E-state index contributed by atoms with van der Waals surface area (Å²) in [6, 6.07) is 0. The van der Waals surface area contributed by atoms with Gasteiger partial charge in [-0.3, -0.25) is 0 Å². The normalized spacial score (nSPS) is 14.9. The lowest BCUT2D eigenvalue weighted by Gasteiger charge is -2.26. The maximum atomic E-state index is 5.68. The lowest BCUT2D eigenvalue weighted by Crippen LogP contribution is -2.27. The van der Waals surface area contributed by atoms with Crippen LogP contribution in [-0.4, -0.2) is 16.6 Å². The molecule has 1 unspecified atom stereocenters. The fourth-order valence-corrected chi connectivity index (χ4v) is 1.38. The van der Waals surface area contributed by atoms with E-state index in [0.717, 1.165) is 17.8 Å². The molecule has 1 rings (SSSR count). The van der Waals surface area contributed by atoms with E-state index in [1.165, 1.54) is 0 Å². The maximum Gasteiger partial charge on any atom is 0.159 e. The molecule has 15 heavy (non-hydrogen) atoms. The Morgan fingerprint density at radius 1 is 1.33 bits per heavy atom. The van der Waals surface area contributed by atoms with Gasteiger partial charge in [-0.05, 0) is 20.3 Å². The molecule has 0 aromatic carbocycles. The second-order valence-electron chi connectivity index (χ2n) is 3.64. The molecule has 0 bridgehead atoms. The van der Waals surface area contributed by atoms with E-state index in [1.807, 2.05) is 13.8 Å². The van der Waals surface area contributed by atoms with Crippen LogP contribution in [0.2, 0.25) is 0 Å². The number of nitrogens with zero attached hydrogens (tertiary/aromatic N) is 2. The van der Waals surface area contributed by atoms with Crippen molar-refractivity contribution in [2.75, 3.05) is 6.61 Å². The predicted octanol–water partition coefficient (Wildman–Crippen LogP) is 1.60. The van der Waals surface area contributed by atoms with Crippen molar-refractivity contribution < 1.29 is 4.74 Å². The minimum Gasteiger partial charge on any atom is -0.368 e. The molecule has 0 aliphatic heterocycles. The molecule has 2 N–H and O–H groups in total. The molecular formula is C11H19N3O. The molecule has 1 heterocycles. The van der Waals surface area contributed by atoms with Crippen LogP contribution in [0.15, 0.2) is 12.4 Å². The number of ether oxygens (including phenoxy) is 1. The molecule has 1 aromatic heterocycles. The first-order valence-corrected chi connectivity index (χ1v) is 5.31. The fraction of sp³-hybridized carbons (Fsp3) is 0.636. The molecule has 84 valence electrons. The molecule has 0 fully saturated rings. The topological polar surface area (TPSA) is 61.0 Å². The standard InChI is InChI=1S/C11H19N3O/c1-4-11(3,15-5-2)10-13-7-9(6-12)8-14-10/h7-8H,4-6,12H2,1-3H3. The van der Waals surface area contributed by atoms with E-state index >= 15 is 0 Å². The number of hydrogen-bond donors (Lipinski definition) is 1. The predicted molar refractivity (Wildman–Crippen MR) is 59.2 cm³/mol. The van der Waals surface area contributed by atoms with Crippen molar-refractivity contribution in [3.63, 3.8) is 0 Å². The summed E-state index contributed by atoms with van der Waals surface area (Å²) < 4.78 is 5.68. The van der Waals surface area contributed by atoms with Gasteiger partial charge < -0.3 is 10.5 Å². The largest absolute Gasteiger partial charge is 0.368 e. The third-order valence-electron chi connectivity index (χ3n) is 2.55. The van der Waals surface area contributed by atoms with Crippen LogP contribution in [0.3, 0.4) is 0 Å². The van der Waals surface area contributed by atoms with E-state index in [2.05, 4.69) is 16.9 Å². The van der Waals surface area contributed by atoms with Gasteiger partial charge in [0, 0.05) is 31.1 Å². The van der Waals surface area contributed by atoms with Crippen LogP contribution in [0.1, 0.15) is 38.6 Å². The van der Waals surface area contributed by atoms with E-state index in [-0.39, 0.29) is 5.60 Å². The van der Waals surface area contributed by atoms with Crippen molar-refractivity contribution in [3.05, 3.63) is 23.8 Å². The molecule has 4 heteroatoms. The number of aromatic nitrogens is 2. The van der Waals surface area contributed by atoms with Gasteiger partial charge in [-0.1, -0.05) is 6.92 Å². The highest BCUT2D eigenvalue weighted by atomic mass is 16.5. The Balaban J connectivity index is 2.92. The van der Waals surface area contributed by atoms with E-state index < -0.39 is 0 Å². The van der Waals surface area contributed by atoms with Crippen LogP contribution < -0.4 is 5.73 Å². The van der Waals surface area contributed by atoms with Crippen molar-refractivity contribution in [1.29, 1.82) is 0 Å². The van der Waals surface area contributed by atoms with Crippen LogP contribution in [0.4, 0.5) is 0 Å². The Morgan fingerprint density at radius 2 is 1.93 bits per heavy atom. The molecule has 1 aromatic rings. The highest BCUT2D eigenvalue weighted by Gasteiger charge is 2.27. The van der Waals surface area contributed by atoms with E-state index in [1.54, 1.807) is 12.4 Å². The van der Waals surface area contributed by atoms with E-state index in [9.17, 15) is 0 Å². The monoisotopic (exact) mass is 209 g/mol. The van der Waals surface area contributed by atoms with Crippen molar-refractivity contribution >= 4 is 0 Å². The average molecular weight is 209 g/mol. The number of rotatable bonds is 5. The summed E-state index contributed by atoms with van der Waals surface area (Å²) >= 11 is 0. The first-order valence-electron chi connectivity index (χ1n) is 5.31. The Morgan fingerprint density at radius 3 is 2.33 bits per heavy atom. The quantitative estimate of drug-likeness (QED) is 0.800. The van der Waals surface area contributed by atoms with Gasteiger partial charge in [0.2, 0.25) is 0 Å². The molecular weight excluding hydrogens is 190 g/mol. The van der Waals surface area contributed by atoms with Crippen LogP contribution in [0.25, 0.3) is 0 Å². The van der Waals surface area contributed by atoms with E-state index in [0.29, 0.717) is 13.2 Å². The van der Waals surface area contributed by atoms with Gasteiger partial charge in [-0.15, -0.1) is 0 Å². The minimum atomic E-state index is -0.387. The van der Waals surface area contributed by atoms with Crippen molar-refractivity contribution in [2.45, 2.75) is 39.3 Å². The molecule has 0 aliphatic rings. The highest BCUT2D eigenvalue weighted by molar-refractivity contribution is 5.08. The summed E-state index contributed by atoms with van der Waals surface area (Å²) in [7, 11) is 0. The Kier molecular flexibility index (Phi) is 4.17. The zero-order chi connectivity index (χ0) is 11.3. The molecule has 0 amide bonds. The Bertz CT molecular complexity index is 299.